The molecule has 0 saturated heterocycles. The first-order valence-corrected chi connectivity index (χ1v) is 6.63. The molecule has 6 nitrogen and oxygen atoms in total. The van der Waals surface area contributed by atoms with Gasteiger partial charge < -0.3 is 15.4 Å². The third-order valence-corrected chi connectivity index (χ3v) is 2.91. The van der Waals surface area contributed by atoms with Crippen LogP contribution in [0.15, 0.2) is 6.20 Å². The van der Waals surface area contributed by atoms with Gasteiger partial charge in [-0.15, -0.1) is 0 Å². The Hall–Kier alpha value is -1.69. The highest BCUT2D eigenvalue weighted by Gasteiger charge is 2.13. The lowest BCUT2D eigenvalue weighted by Crippen LogP contribution is -2.26. The minimum atomic E-state index is -0.477. The zero-order valence-electron chi connectivity index (χ0n) is 11.8. The van der Waals surface area contributed by atoms with Crippen LogP contribution < -0.4 is 5.73 Å². The van der Waals surface area contributed by atoms with Crippen LogP contribution in [0.5, 0.6) is 0 Å². The van der Waals surface area contributed by atoms with Gasteiger partial charge in [0.25, 0.3) is 0 Å². The van der Waals surface area contributed by atoms with E-state index in [1.807, 2.05) is 0 Å². The summed E-state index contributed by atoms with van der Waals surface area (Å²) in [5.74, 6) is 0.357. The van der Waals surface area contributed by atoms with Gasteiger partial charge in [0.1, 0.15) is 17.2 Å². The van der Waals surface area contributed by atoms with Crippen LogP contribution in [-0.2, 0) is 11.2 Å². The fraction of sp³-hybridized carbons (Fsp3) is 0.615. The van der Waals surface area contributed by atoms with Crippen LogP contribution in [0.25, 0.3) is 0 Å². The highest BCUT2D eigenvalue weighted by molar-refractivity contribution is 5.93. The summed E-state index contributed by atoms with van der Waals surface area (Å²) < 4.78 is 4.87. The predicted molar refractivity (Wildman–Crippen MR) is 73.9 cm³/mol. The number of aromatic nitrogens is 2. The molecule has 1 aromatic rings. The topological polar surface area (TPSA) is 81.3 Å². The van der Waals surface area contributed by atoms with Crippen molar-refractivity contribution in [3.8, 4) is 0 Å². The molecule has 0 fully saturated rings. The summed E-state index contributed by atoms with van der Waals surface area (Å²) in [5, 5.41) is 0. The van der Waals surface area contributed by atoms with Gasteiger partial charge >= 0.3 is 5.97 Å². The van der Waals surface area contributed by atoms with E-state index in [0.29, 0.717) is 12.4 Å². The molecule has 1 aromatic heterocycles. The van der Waals surface area contributed by atoms with Crippen LogP contribution in [0.2, 0.25) is 0 Å². The SMILES string of the molecule is CCOC(=O)c1cnc(CCN(CC)CC)nc1N. The molecular formula is C13H22N4O2. The predicted octanol–water partition coefficient (Wildman–Crippen LogP) is 1.12. The lowest BCUT2D eigenvalue weighted by Gasteiger charge is -2.17. The fourth-order valence-corrected chi connectivity index (χ4v) is 1.72. The van der Waals surface area contributed by atoms with Gasteiger partial charge in [0.2, 0.25) is 0 Å². The maximum absolute atomic E-state index is 11.5. The molecule has 0 unspecified atom stereocenters. The molecule has 0 bridgehead atoms. The largest absolute Gasteiger partial charge is 0.462 e. The van der Waals surface area contributed by atoms with E-state index in [9.17, 15) is 4.79 Å². The van der Waals surface area contributed by atoms with Crippen molar-refractivity contribution >= 4 is 11.8 Å². The summed E-state index contributed by atoms with van der Waals surface area (Å²) in [6.07, 6.45) is 2.16. The van der Waals surface area contributed by atoms with Crippen molar-refractivity contribution < 1.29 is 9.53 Å². The van der Waals surface area contributed by atoms with Gasteiger partial charge in [0.05, 0.1) is 6.61 Å². The highest BCUT2D eigenvalue weighted by Crippen LogP contribution is 2.09. The van der Waals surface area contributed by atoms with E-state index in [-0.39, 0.29) is 11.4 Å². The lowest BCUT2D eigenvalue weighted by atomic mass is 10.3. The summed E-state index contributed by atoms with van der Waals surface area (Å²) in [6, 6.07) is 0. The lowest BCUT2D eigenvalue weighted by molar-refractivity contribution is 0.0526. The number of hydrogen-bond donors (Lipinski definition) is 1. The Morgan fingerprint density at radius 1 is 1.37 bits per heavy atom. The average Bonchev–Trinajstić information content (AvgIpc) is 2.40. The summed E-state index contributed by atoms with van der Waals surface area (Å²) in [7, 11) is 0. The number of hydrogen-bond acceptors (Lipinski definition) is 6. The Labute approximate surface area is 114 Å². The van der Waals surface area contributed by atoms with Crippen LogP contribution in [-0.4, -0.2) is 47.1 Å². The van der Waals surface area contributed by atoms with E-state index in [0.717, 1.165) is 26.1 Å². The summed E-state index contributed by atoms with van der Waals surface area (Å²) in [6.45, 7) is 9.14. The molecular weight excluding hydrogens is 244 g/mol. The van der Waals surface area contributed by atoms with Gasteiger partial charge in [0.15, 0.2) is 0 Å². The normalized spacial score (nSPS) is 10.7. The van der Waals surface area contributed by atoms with Crippen molar-refractivity contribution in [1.29, 1.82) is 0 Å². The highest BCUT2D eigenvalue weighted by atomic mass is 16.5. The van der Waals surface area contributed by atoms with Crippen molar-refractivity contribution in [2.24, 2.45) is 0 Å². The van der Waals surface area contributed by atoms with E-state index in [4.69, 9.17) is 10.5 Å². The van der Waals surface area contributed by atoms with E-state index in [1.54, 1.807) is 6.92 Å². The second-order valence-corrected chi connectivity index (χ2v) is 4.08. The quantitative estimate of drug-likeness (QED) is 0.745. The first-order chi connectivity index (χ1) is 9.12. The number of ether oxygens (including phenoxy) is 1. The van der Waals surface area contributed by atoms with E-state index in [2.05, 4.69) is 28.7 Å². The molecule has 0 saturated carbocycles. The van der Waals surface area contributed by atoms with Gasteiger partial charge in [-0.1, -0.05) is 13.8 Å². The molecule has 0 aliphatic heterocycles. The van der Waals surface area contributed by atoms with Crippen molar-refractivity contribution in [3.63, 3.8) is 0 Å². The summed E-state index contributed by atoms with van der Waals surface area (Å²) >= 11 is 0. The Balaban J connectivity index is 2.68. The third-order valence-electron chi connectivity index (χ3n) is 2.91. The van der Waals surface area contributed by atoms with E-state index >= 15 is 0 Å². The maximum Gasteiger partial charge on any atom is 0.343 e. The summed E-state index contributed by atoms with van der Waals surface area (Å²) in [4.78, 5) is 22.1. The minimum absolute atomic E-state index is 0.183. The number of nitrogen functional groups attached to an aromatic ring is 1. The first kappa shape index (κ1) is 15.4. The second kappa shape index (κ2) is 7.68. The Bertz CT molecular complexity index is 419. The molecule has 0 spiro atoms. The summed E-state index contributed by atoms with van der Waals surface area (Å²) in [5.41, 5.74) is 5.99. The molecule has 19 heavy (non-hydrogen) atoms. The number of likely N-dealkylation sites (N-methyl/N-ethyl adjacent to an activating group) is 1. The average molecular weight is 266 g/mol. The molecule has 2 N–H and O–H groups in total. The minimum Gasteiger partial charge on any atom is -0.462 e. The molecule has 106 valence electrons. The fourth-order valence-electron chi connectivity index (χ4n) is 1.72. The smallest absolute Gasteiger partial charge is 0.343 e. The molecule has 0 aliphatic rings. The number of carbonyl (C=O) groups is 1. The molecule has 0 radical (unpaired) electrons. The number of anilines is 1. The number of nitrogens with zero attached hydrogens (tertiary/aromatic N) is 3. The van der Waals surface area contributed by atoms with Crippen molar-refractivity contribution in [2.75, 3.05) is 32.0 Å². The van der Waals surface area contributed by atoms with Gasteiger partial charge in [-0.05, 0) is 20.0 Å². The zero-order chi connectivity index (χ0) is 14.3. The maximum atomic E-state index is 11.5. The van der Waals surface area contributed by atoms with E-state index in [1.165, 1.54) is 6.20 Å². The molecule has 0 aliphatic carbocycles. The molecule has 0 atom stereocenters. The van der Waals surface area contributed by atoms with Crippen molar-refractivity contribution in [1.82, 2.24) is 14.9 Å². The second-order valence-electron chi connectivity index (χ2n) is 4.08. The third kappa shape index (κ3) is 4.48. The van der Waals surface area contributed by atoms with Crippen LogP contribution in [0.1, 0.15) is 37.0 Å². The van der Waals surface area contributed by atoms with Crippen LogP contribution in [0.3, 0.4) is 0 Å². The van der Waals surface area contributed by atoms with Gasteiger partial charge in [-0.2, -0.15) is 0 Å². The van der Waals surface area contributed by atoms with Gasteiger partial charge in [0, 0.05) is 19.2 Å². The van der Waals surface area contributed by atoms with Crippen LogP contribution in [0, 0.1) is 0 Å². The zero-order valence-corrected chi connectivity index (χ0v) is 11.8. The Morgan fingerprint density at radius 3 is 2.58 bits per heavy atom. The standard InChI is InChI=1S/C13H22N4O2/c1-4-17(5-2)8-7-11-15-9-10(12(14)16-11)13(18)19-6-3/h9H,4-8H2,1-3H3,(H2,14,15,16). The monoisotopic (exact) mass is 266 g/mol. The van der Waals surface area contributed by atoms with Gasteiger partial charge in [-0.3, -0.25) is 0 Å². The van der Waals surface area contributed by atoms with Crippen LogP contribution in [0.4, 0.5) is 5.82 Å². The number of esters is 1. The number of carbonyl (C=O) groups excluding carboxylic acids is 1. The van der Waals surface area contributed by atoms with Crippen molar-refractivity contribution in [3.05, 3.63) is 17.6 Å². The van der Waals surface area contributed by atoms with E-state index < -0.39 is 5.97 Å². The van der Waals surface area contributed by atoms with Crippen molar-refractivity contribution in [2.45, 2.75) is 27.2 Å². The van der Waals surface area contributed by atoms with Gasteiger partial charge in [-0.25, -0.2) is 14.8 Å². The molecule has 0 amide bonds. The number of rotatable bonds is 7. The molecule has 1 heterocycles. The van der Waals surface area contributed by atoms with Crippen LogP contribution >= 0.6 is 0 Å². The molecule has 6 heteroatoms. The molecule has 0 aromatic carbocycles. The first-order valence-electron chi connectivity index (χ1n) is 6.63. The molecule has 1 rings (SSSR count). The number of nitrogens with two attached hydrogens (primary N) is 1. The Morgan fingerprint density at radius 2 is 2.05 bits per heavy atom. The Kier molecular flexibility index (Phi) is 6.21.